The molecule has 0 spiro atoms. The van der Waals surface area contributed by atoms with Gasteiger partial charge in [-0.05, 0) is 56.5 Å². The normalized spacial score (nSPS) is 16.3. The van der Waals surface area contributed by atoms with E-state index in [1.54, 1.807) is 11.3 Å². The van der Waals surface area contributed by atoms with Gasteiger partial charge in [-0.2, -0.15) is 11.3 Å². The van der Waals surface area contributed by atoms with E-state index in [9.17, 15) is 5.11 Å². The molecule has 0 amide bonds. The molecule has 0 bridgehead atoms. The maximum Gasteiger partial charge on any atom is 0.0741 e. The van der Waals surface area contributed by atoms with Crippen LogP contribution >= 0.6 is 11.3 Å². The molecule has 0 aliphatic carbocycles. The summed E-state index contributed by atoms with van der Waals surface area (Å²) in [7, 11) is 0. The second-order valence-corrected chi connectivity index (χ2v) is 5.56. The van der Waals surface area contributed by atoms with Crippen LogP contribution in [-0.2, 0) is 6.42 Å². The van der Waals surface area contributed by atoms with E-state index >= 15 is 0 Å². The summed E-state index contributed by atoms with van der Waals surface area (Å²) in [5, 5.41) is 17.5. The van der Waals surface area contributed by atoms with Crippen molar-refractivity contribution in [1.29, 1.82) is 0 Å². The Morgan fingerprint density at radius 3 is 2.60 bits per heavy atom. The number of thiophene rings is 1. The molecule has 0 aromatic carbocycles. The highest BCUT2D eigenvalue weighted by Gasteiger charge is 2.23. The second kappa shape index (κ2) is 5.10. The van der Waals surface area contributed by atoms with Crippen LogP contribution in [0.5, 0.6) is 0 Å². The van der Waals surface area contributed by atoms with Crippen LogP contribution in [0.1, 0.15) is 33.3 Å². The summed E-state index contributed by atoms with van der Waals surface area (Å²) < 4.78 is 0. The minimum Gasteiger partial charge on any atom is -0.389 e. The third kappa shape index (κ3) is 4.33. The first-order valence-corrected chi connectivity index (χ1v) is 6.33. The summed E-state index contributed by atoms with van der Waals surface area (Å²) in [6.07, 6.45) is 1.02. The molecule has 15 heavy (non-hydrogen) atoms. The second-order valence-electron chi connectivity index (χ2n) is 4.78. The number of nitrogens with one attached hydrogen (secondary N) is 1. The molecule has 0 fully saturated rings. The van der Waals surface area contributed by atoms with E-state index in [4.69, 9.17) is 0 Å². The molecule has 0 saturated heterocycles. The molecule has 0 saturated carbocycles. The molecule has 2 nitrogen and oxygen atoms in total. The van der Waals surface area contributed by atoms with E-state index in [2.05, 4.69) is 29.1 Å². The molecule has 2 atom stereocenters. The molecule has 2 N–H and O–H groups in total. The third-order valence-electron chi connectivity index (χ3n) is 2.72. The Bertz CT molecular complexity index is 276. The average Bonchev–Trinajstić information content (AvgIpc) is 2.54. The van der Waals surface area contributed by atoms with Crippen LogP contribution < -0.4 is 5.32 Å². The van der Waals surface area contributed by atoms with Gasteiger partial charge >= 0.3 is 0 Å². The molecular formula is C12H21NOS. The Morgan fingerprint density at radius 2 is 2.13 bits per heavy atom. The van der Waals surface area contributed by atoms with Gasteiger partial charge in [0.2, 0.25) is 0 Å². The van der Waals surface area contributed by atoms with Crippen LogP contribution in [0.4, 0.5) is 0 Å². The van der Waals surface area contributed by atoms with Gasteiger partial charge in [0.05, 0.1) is 5.60 Å². The lowest BCUT2D eigenvalue weighted by atomic mass is 9.99. The number of rotatable bonds is 5. The summed E-state index contributed by atoms with van der Waals surface area (Å²) in [6, 6.07) is 2.64. The van der Waals surface area contributed by atoms with Gasteiger partial charge in [-0.1, -0.05) is 0 Å². The molecule has 3 heteroatoms. The largest absolute Gasteiger partial charge is 0.389 e. The van der Waals surface area contributed by atoms with E-state index in [0.29, 0.717) is 6.04 Å². The maximum atomic E-state index is 9.80. The molecule has 86 valence electrons. The summed E-state index contributed by atoms with van der Waals surface area (Å²) in [5.74, 6) is 0. The molecular weight excluding hydrogens is 206 g/mol. The van der Waals surface area contributed by atoms with Crippen molar-refractivity contribution in [3.8, 4) is 0 Å². The van der Waals surface area contributed by atoms with E-state index < -0.39 is 5.60 Å². The van der Waals surface area contributed by atoms with Crippen LogP contribution in [0.2, 0.25) is 0 Å². The van der Waals surface area contributed by atoms with E-state index in [-0.39, 0.29) is 6.04 Å². The summed E-state index contributed by atoms with van der Waals surface area (Å²) in [6.45, 7) is 7.84. The fourth-order valence-electron chi connectivity index (χ4n) is 1.45. The lowest BCUT2D eigenvalue weighted by molar-refractivity contribution is 0.0406. The summed E-state index contributed by atoms with van der Waals surface area (Å²) in [5.41, 5.74) is 0.700. The van der Waals surface area contributed by atoms with Crippen molar-refractivity contribution in [2.45, 2.75) is 51.8 Å². The maximum absolute atomic E-state index is 9.80. The highest BCUT2D eigenvalue weighted by Crippen LogP contribution is 2.12. The fourth-order valence-corrected chi connectivity index (χ4v) is 2.13. The van der Waals surface area contributed by atoms with Crippen LogP contribution in [0.25, 0.3) is 0 Å². The zero-order valence-electron chi connectivity index (χ0n) is 9.95. The predicted octanol–water partition coefficient (Wildman–Crippen LogP) is 2.43. The van der Waals surface area contributed by atoms with Gasteiger partial charge in [0, 0.05) is 12.1 Å². The van der Waals surface area contributed by atoms with Crippen molar-refractivity contribution < 1.29 is 5.11 Å². The van der Waals surface area contributed by atoms with E-state index in [1.807, 2.05) is 20.8 Å². The first-order valence-electron chi connectivity index (χ1n) is 5.39. The van der Waals surface area contributed by atoms with Crippen LogP contribution in [-0.4, -0.2) is 22.8 Å². The third-order valence-corrected chi connectivity index (χ3v) is 3.45. The summed E-state index contributed by atoms with van der Waals surface area (Å²) in [4.78, 5) is 0. The molecule has 1 rings (SSSR count). The van der Waals surface area contributed by atoms with Crippen molar-refractivity contribution in [2.75, 3.05) is 0 Å². The predicted molar refractivity (Wildman–Crippen MR) is 66.4 cm³/mol. The molecule has 0 radical (unpaired) electrons. The topological polar surface area (TPSA) is 32.3 Å². The van der Waals surface area contributed by atoms with Crippen LogP contribution in [0.15, 0.2) is 16.8 Å². The van der Waals surface area contributed by atoms with E-state index in [0.717, 1.165) is 6.42 Å². The quantitative estimate of drug-likeness (QED) is 0.809. The molecule has 0 aliphatic rings. The molecule has 0 aliphatic heterocycles. The molecule has 1 aromatic rings. The SMILES string of the molecule is CC(Cc1ccsc1)NC(C)C(C)(C)O. The Kier molecular flexibility index (Phi) is 4.32. The van der Waals surface area contributed by atoms with Crippen LogP contribution in [0.3, 0.4) is 0 Å². The van der Waals surface area contributed by atoms with E-state index in [1.165, 1.54) is 5.56 Å². The van der Waals surface area contributed by atoms with Crippen molar-refractivity contribution >= 4 is 11.3 Å². The Hall–Kier alpha value is -0.380. The van der Waals surface area contributed by atoms with Gasteiger partial charge in [0.1, 0.15) is 0 Å². The van der Waals surface area contributed by atoms with Gasteiger partial charge in [-0.15, -0.1) is 0 Å². The van der Waals surface area contributed by atoms with Gasteiger partial charge in [-0.25, -0.2) is 0 Å². The fraction of sp³-hybridized carbons (Fsp3) is 0.667. The first-order chi connectivity index (χ1) is 6.89. The number of aliphatic hydroxyl groups is 1. The van der Waals surface area contributed by atoms with Crippen LogP contribution in [0, 0.1) is 0 Å². The minimum absolute atomic E-state index is 0.103. The van der Waals surface area contributed by atoms with Crippen molar-refractivity contribution in [2.24, 2.45) is 0 Å². The molecule has 1 heterocycles. The lowest BCUT2D eigenvalue weighted by Gasteiger charge is -2.29. The zero-order chi connectivity index (χ0) is 11.5. The number of hydrogen-bond acceptors (Lipinski definition) is 3. The van der Waals surface area contributed by atoms with Crippen molar-refractivity contribution in [3.63, 3.8) is 0 Å². The van der Waals surface area contributed by atoms with Gasteiger partial charge < -0.3 is 10.4 Å². The van der Waals surface area contributed by atoms with Gasteiger partial charge in [-0.3, -0.25) is 0 Å². The minimum atomic E-state index is -0.664. The average molecular weight is 227 g/mol. The lowest BCUT2D eigenvalue weighted by Crippen LogP contribution is -2.48. The monoisotopic (exact) mass is 227 g/mol. The Balaban J connectivity index is 2.39. The van der Waals surface area contributed by atoms with Crippen molar-refractivity contribution in [3.05, 3.63) is 22.4 Å². The molecule has 2 unspecified atom stereocenters. The smallest absolute Gasteiger partial charge is 0.0741 e. The Labute approximate surface area is 96.3 Å². The number of hydrogen-bond donors (Lipinski definition) is 2. The van der Waals surface area contributed by atoms with Gasteiger partial charge in [0.15, 0.2) is 0 Å². The van der Waals surface area contributed by atoms with Crippen molar-refractivity contribution in [1.82, 2.24) is 5.32 Å². The molecule has 1 aromatic heterocycles. The standard InChI is InChI=1S/C12H21NOS/c1-9(7-11-5-6-15-8-11)13-10(2)12(3,4)14/h5-6,8-10,13-14H,7H2,1-4H3. The highest BCUT2D eigenvalue weighted by molar-refractivity contribution is 7.07. The van der Waals surface area contributed by atoms with Gasteiger partial charge in [0.25, 0.3) is 0 Å². The Morgan fingerprint density at radius 1 is 1.47 bits per heavy atom. The highest BCUT2D eigenvalue weighted by atomic mass is 32.1. The zero-order valence-corrected chi connectivity index (χ0v) is 10.8. The summed E-state index contributed by atoms with van der Waals surface area (Å²) >= 11 is 1.73. The first kappa shape index (κ1) is 12.7.